The number of fused-ring (bicyclic) bond motifs is 1. The monoisotopic (exact) mass is 296 g/mol. The predicted octanol–water partition coefficient (Wildman–Crippen LogP) is 1.81. The number of aryl methyl sites for hydroxylation is 2. The second kappa shape index (κ2) is 6.50. The first-order chi connectivity index (χ1) is 9.52. The Hall–Kier alpha value is -1.20. The Morgan fingerprint density at radius 2 is 2.00 bits per heavy atom. The summed E-state index contributed by atoms with van der Waals surface area (Å²) >= 11 is 0. The molecule has 0 fully saturated rings. The number of hydrogen-bond donors (Lipinski definition) is 0. The lowest BCUT2D eigenvalue weighted by Gasteiger charge is -2.06. The first-order valence-corrected chi connectivity index (χ1v) is 8.68. The van der Waals surface area contributed by atoms with Crippen LogP contribution in [0.25, 0.3) is 0 Å². The van der Waals surface area contributed by atoms with Crippen LogP contribution in [0.4, 0.5) is 0 Å². The molecule has 110 valence electrons. The highest BCUT2D eigenvalue weighted by atomic mass is 32.2. The lowest BCUT2D eigenvalue weighted by molar-refractivity contribution is 0.102. The van der Waals surface area contributed by atoms with Crippen molar-refractivity contribution in [3.8, 4) is 0 Å². The van der Waals surface area contributed by atoms with Crippen LogP contribution in [0.2, 0.25) is 0 Å². The summed E-state index contributed by atoms with van der Waals surface area (Å²) in [5, 5.41) is 0. The molecule has 5 heteroatoms. The average molecular weight is 296 g/mol. The van der Waals surface area contributed by atoms with Gasteiger partial charge < -0.3 is 4.74 Å². The fourth-order valence-corrected chi connectivity index (χ4v) is 3.79. The van der Waals surface area contributed by atoms with E-state index in [1.165, 1.54) is 18.2 Å². The van der Waals surface area contributed by atoms with Gasteiger partial charge >= 0.3 is 0 Å². The topological polar surface area (TPSA) is 60.4 Å². The number of ketones is 1. The van der Waals surface area contributed by atoms with Crippen LogP contribution in [-0.2, 0) is 27.4 Å². The zero-order chi connectivity index (χ0) is 14.6. The number of methoxy groups -OCH3 is 1. The standard InChI is InChI=1S/C15H20O4S/c1-19-8-3-9-20(17,18)11-15(16)14-7-6-12-4-2-5-13(12)10-14/h6-7,10H,2-5,8-9,11H2,1H3. The molecule has 1 aromatic rings. The minimum Gasteiger partial charge on any atom is -0.385 e. The second-order valence-corrected chi connectivity index (χ2v) is 7.38. The third-order valence-electron chi connectivity index (χ3n) is 3.58. The molecule has 0 radical (unpaired) electrons. The summed E-state index contributed by atoms with van der Waals surface area (Å²) in [5.74, 6) is -0.718. The SMILES string of the molecule is COCCCS(=O)(=O)CC(=O)c1ccc2c(c1)CCC2. The summed E-state index contributed by atoms with van der Waals surface area (Å²) in [6.45, 7) is 0.395. The molecule has 0 aliphatic heterocycles. The summed E-state index contributed by atoms with van der Waals surface area (Å²) in [7, 11) is -1.81. The van der Waals surface area contributed by atoms with Crippen LogP contribution in [0.5, 0.6) is 0 Å². The number of hydrogen-bond acceptors (Lipinski definition) is 4. The van der Waals surface area contributed by atoms with Crippen LogP contribution in [-0.4, -0.2) is 39.4 Å². The van der Waals surface area contributed by atoms with E-state index in [1.807, 2.05) is 12.1 Å². The molecule has 1 aliphatic rings. The van der Waals surface area contributed by atoms with Crippen molar-refractivity contribution in [2.45, 2.75) is 25.7 Å². The quantitative estimate of drug-likeness (QED) is 0.569. The molecule has 0 atom stereocenters. The number of carbonyl (C=O) groups excluding carboxylic acids is 1. The molecule has 0 N–H and O–H groups in total. The highest BCUT2D eigenvalue weighted by Crippen LogP contribution is 2.23. The lowest BCUT2D eigenvalue weighted by atomic mass is 10.0. The smallest absolute Gasteiger partial charge is 0.177 e. The molecule has 0 heterocycles. The van der Waals surface area contributed by atoms with Gasteiger partial charge in [0, 0.05) is 19.3 Å². The van der Waals surface area contributed by atoms with Crippen LogP contribution in [0.1, 0.15) is 34.3 Å². The Morgan fingerprint density at radius 3 is 2.75 bits per heavy atom. The maximum absolute atomic E-state index is 12.1. The van der Waals surface area contributed by atoms with Gasteiger partial charge in [0.2, 0.25) is 0 Å². The first kappa shape index (κ1) is 15.2. The van der Waals surface area contributed by atoms with Crippen molar-refractivity contribution < 1.29 is 17.9 Å². The number of rotatable bonds is 7. The second-order valence-electron chi connectivity index (χ2n) is 5.20. The van der Waals surface area contributed by atoms with E-state index in [0.717, 1.165) is 19.3 Å². The van der Waals surface area contributed by atoms with E-state index in [-0.39, 0.29) is 11.5 Å². The van der Waals surface area contributed by atoms with Crippen molar-refractivity contribution in [2.75, 3.05) is 25.2 Å². The summed E-state index contributed by atoms with van der Waals surface area (Å²) in [4.78, 5) is 12.1. The van der Waals surface area contributed by atoms with E-state index < -0.39 is 15.6 Å². The molecule has 0 amide bonds. The van der Waals surface area contributed by atoms with Gasteiger partial charge in [0.05, 0.1) is 5.75 Å². The maximum Gasteiger partial charge on any atom is 0.177 e. The number of ether oxygens (including phenoxy) is 1. The van der Waals surface area contributed by atoms with Gasteiger partial charge in [0.15, 0.2) is 15.6 Å². The molecular formula is C15H20O4S. The summed E-state index contributed by atoms with van der Waals surface area (Å²) in [6, 6.07) is 5.56. The number of sulfone groups is 1. The Bertz CT molecular complexity index is 590. The highest BCUT2D eigenvalue weighted by Gasteiger charge is 2.19. The van der Waals surface area contributed by atoms with Gasteiger partial charge in [0.1, 0.15) is 5.75 Å². The van der Waals surface area contributed by atoms with Gasteiger partial charge in [-0.15, -0.1) is 0 Å². The minimum atomic E-state index is -3.34. The van der Waals surface area contributed by atoms with Gasteiger partial charge in [-0.25, -0.2) is 8.42 Å². The van der Waals surface area contributed by atoms with Crippen LogP contribution >= 0.6 is 0 Å². The predicted molar refractivity (Wildman–Crippen MR) is 77.9 cm³/mol. The highest BCUT2D eigenvalue weighted by molar-refractivity contribution is 7.92. The molecule has 0 bridgehead atoms. The van der Waals surface area contributed by atoms with Crippen LogP contribution in [0.15, 0.2) is 18.2 Å². The van der Waals surface area contributed by atoms with Gasteiger partial charge in [-0.1, -0.05) is 12.1 Å². The Morgan fingerprint density at radius 1 is 1.25 bits per heavy atom. The van der Waals surface area contributed by atoms with Crippen LogP contribution in [0, 0.1) is 0 Å². The number of Topliss-reactive ketones (excluding diaryl/α,β-unsaturated/α-hetero) is 1. The van der Waals surface area contributed by atoms with E-state index >= 15 is 0 Å². The van der Waals surface area contributed by atoms with Crippen molar-refractivity contribution >= 4 is 15.6 Å². The summed E-state index contributed by atoms with van der Waals surface area (Å²) in [6.07, 6.45) is 3.58. The fourth-order valence-electron chi connectivity index (χ4n) is 2.52. The van der Waals surface area contributed by atoms with E-state index in [1.54, 1.807) is 6.07 Å². The van der Waals surface area contributed by atoms with Crippen LogP contribution < -0.4 is 0 Å². The molecule has 0 spiro atoms. The fraction of sp³-hybridized carbons (Fsp3) is 0.533. The first-order valence-electron chi connectivity index (χ1n) is 6.86. The number of carbonyl (C=O) groups is 1. The van der Waals surface area contributed by atoms with Gasteiger partial charge in [0.25, 0.3) is 0 Å². The molecule has 4 nitrogen and oxygen atoms in total. The summed E-state index contributed by atoms with van der Waals surface area (Å²) in [5.41, 5.74) is 2.98. The Labute approximate surface area is 120 Å². The van der Waals surface area contributed by atoms with Crippen LogP contribution in [0.3, 0.4) is 0 Å². The van der Waals surface area contributed by atoms with Crippen molar-refractivity contribution in [2.24, 2.45) is 0 Å². The molecule has 0 aromatic heterocycles. The molecular weight excluding hydrogens is 276 g/mol. The molecule has 0 saturated heterocycles. The number of benzene rings is 1. The molecule has 2 rings (SSSR count). The average Bonchev–Trinajstić information content (AvgIpc) is 2.85. The van der Waals surface area contributed by atoms with E-state index in [9.17, 15) is 13.2 Å². The van der Waals surface area contributed by atoms with Crippen molar-refractivity contribution in [1.29, 1.82) is 0 Å². The van der Waals surface area contributed by atoms with E-state index in [4.69, 9.17) is 4.74 Å². The van der Waals surface area contributed by atoms with Gasteiger partial charge in [-0.05, 0) is 42.9 Å². The molecule has 1 aromatic carbocycles. The molecule has 20 heavy (non-hydrogen) atoms. The minimum absolute atomic E-state index is 0.00246. The van der Waals surface area contributed by atoms with Crippen molar-refractivity contribution in [3.63, 3.8) is 0 Å². The lowest BCUT2D eigenvalue weighted by Crippen LogP contribution is -2.20. The van der Waals surface area contributed by atoms with E-state index in [0.29, 0.717) is 18.6 Å². The molecule has 0 unspecified atom stereocenters. The van der Waals surface area contributed by atoms with E-state index in [2.05, 4.69) is 0 Å². The third-order valence-corrected chi connectivity index (χ3v) is 5.19. The zero-order valence-corrected chi connectivity index (χ0v) is 12.5. The molecule has 0 saturated carbocycles. The Balaban J connectivity index is 2.01. The maximum atomic E-state index is 12.1. The van der Waals surface area contributed by atoms with Crippen molar-refractivity contribution in [3.05, 3.63) is 34.9 Å². The zero-order valence-electron chi connectivity index (χ0n) is 11.7. The largest absolute Gasteiger partial charge is 0.385 e. The normalized spacial score (nSPS) is 14.2. The third kappa shape index (κ3) is 3.90. The Kier molecular flexibility index (Phi) is 4.94. The van der Waals surface area contributed by atoms with Gasteiger partial charge in [-0.2, -0.15) is 0 Å². The molecule has 1 aliphatic carbocycles. The van der Waals surface area contributed by atoms with Crippen molar-refractivity contribution in [1.82, 2.24) is 0 Å². The summed E-state index contributed by atoms with van der Waals surface area (Å²) < 4.78 is 28.5. The van der Waals surface area contributed by atoms with Gasteiger partial charge in [-0.3, -0.25) is 4.79 Å².